The van der Waals surface area contributed by atoms with E-state index < -0.39 is 12.3 Å². The van der Waals surface area contributed by atoms with Gasteiger partial charge in [0.25, 0.3) is 12.3 Å². The number of fused-ring (bicyclic) bond motifs is 1. The third kappa shape index (κ3) is 3.30. The quantitative estimate of drug-likeness (QED) is 0.567. The second-order valence-corrected chi connectivity index (χ2v) is 9.35. The Hall–Kier alpha value is -2.36. The Bertz CT molecular complexity index is 1100. The lowest BCUT2D eigenvalue weighted by atomic mass is 9.65. The van der Waals surface area contributed by atoms with Gasteiger partial charge in [0.15, 0.2) is 0 Å². The summed E-state index contributed by atoms with van der Waals surface area (Å²) in [5.41, 5.74) is 2.65. The Morgan fingerprint density at radius 2 is 2.20 bits per heavy atom. The van der Waals surface area contributed by atoms with Crippen LogP contribution in [0.4, 0.5) is 14.7 Å². The van der Waals surface area contributed by atoms with Gasteiger partial charge in [0.05, 0.1) is 27.4 Å². The van der Waals surface area contributed by atoms with E-state index in [0.717, 1.165) is 54.8 Å². The number of hydrogen-bond acceptors (Lipinski definition) is 5. The van der Waals surface area contributed by atoms with Gasteiger partial charge < -0.3 is 15.0 Å². The van der Waals surface area contributed by atoms with Crippen LogP contribution < -0.4 is 10.6 Å². The molecule has 1 amide bonds. The lowest BCUT2D eigenvalue weighted by molar-refractivity contribution is 0.0874. The van der Waals surface area contributed by atoms with Crippen LogP contribution in [-0.2, 0) is 6.61 Å². The molecule has 1 aliphatic carbocycles. The van der Waals surface area contributed by atoms with E-state index in [1.165, 1.54) is 12.1 Å². The van der Waals surface area contributed by atoms with Crippen molar-refractivity contribution < 1.29 is 18.7 Å². The SMILES string of the molecule is O=C(Nc1nc2cc(CO)ccc2n1C1CC2(CCNC2)C1)c1ccc(C(F)F)s1. The number of benzene rings is 1. The van der Waals surface area contributed by atoms with Gasteiger partial charge in [0, 0.05) is 12.6 Å². The second-order valence-electron chi connectivity index (χ2n) is 8.23. The standard InChI is InChI=1S/C21H22F2N4O2S/c22-18(23)16-3-4-17(30-16)19(29)26-20-25-14-7-12(10-28)1-2-15(14)27(20)13-8-21(9-13)5-6-24-11-21/h1-4,7,13,18,24,28H,5-6,8-11H2,(H,25,26,29). The molecule has 1 aliphatic heterocycles. The average molecular weight is 432 g/mol. The van der Waals surface area contributed by atoms with E-state index in [4.69, 9.17) is 0 Å². The zero-order valence-electron chi connectivity index (χ0n) is 16.2. The van der Waals surface area contributed by atoms with Crippen LogP contribution in [0.1, 0.15) is 51.8 Å². The highest BCUT2D eigenvalue weighted by Crippen LogP contribution is 2.53. The highest BCUT2D eigenvalue weighted by atomic mass is 32.1. The first-order valence-corrected chi connectivity index (χ1v) is 10.8. The fourth-order valence-corrected chi connectivity index (χ4v) is 5.48. The third-order valence-electron chi connectivity index (χ3n) is 6.26. The Balaban J connectivity index is 1.47. The van der Waals surface area contributed by atoms with E-state index in [0.29, 0.717) is 16.9 Å². The predicted molar refractivity (Wildman–Crippen MR) is 111 cm³/mol. The zero-order chi connectivity index (χ0) is 20.9. The maximum Gasteiger partial charge on any atom is 0.272 e. The van der Waals surface area contributed by atoms with Crippen LogP contribution in [0, 0.1) is 5.41 Å². The predicted octanol–water partition coefficient (Wildman–Crippen LogP) is 4.09. The van der Waals surface area contributed by atoms with Crippen molar-refractivity contribution in [1.82, 2.24) is 14.9 Å². The summed E-state index contributed by atoms with van der Waals surface area (Å²) < 4.78 is 27.8. The van der Waals surface area contributed by atoms with Crippen molar-refractivity contribution in [2.24, 2.45) is 5.41 Å². The summed E-state index contributed by atoms with van der Waals surface area (Å²) in [5.74, 6) is -0.0229. The number of nitrogens with one attached hydrogen (secondary N) is 2. The van der Waals surface area contributed by atoms with E-state index in [2.05, 4.69) is 20.2 Å². The molecule has 0 radical (unpaired) electrons. The first-order chi connectivity index (χ1) is 14.5. The van der Waals surface area contributed by atoms with Gasteiger partial charge in [-0.15, -0.1) is 11.3 Å². The number of alkyl halides is 2. The van der Waals surface area contributed by atoms with Crippen molar-refractivity contribution in [2.45, 2.75) is 38.3 Å². The molecule has 3 N–H and O–H groups in total. The number of amides is 1. The van der Waals surface area contributed by atoms with Gasteiger partial charge in [0.2, 0.25) is 5.95 Å². The van der Waals surface area contributed by atoms with Crippen molar-refractivity contribution in [3.63, 3.8) is 0 Å². The van der Waals surface area contributed by atoms with Crippen molar-refractivity contribution in [3.05, 3.63) is 45.6 Å². The minimum Gasteiger partial charge on any atom is -0.392 e. The molecular weight excluding hydrogens is 410 g/mol. The van der Waals surface area contributed by atoms with E-state index in [1.54, 1.807) is 0 Å². The lowest BCUT2D eigenvalue weighted by Crippen LogP contribution is -2.40. The van der Waals surface area contributed by atoms with E-state index in [1.807, 2.05) is 18.2 Å². The largest absolute Gasteiger partial charge is 0.392 e. The molecule has 1 saturated heterocycles. The van der Waals surface area contributed by atoms with Crippen LogP contribution in [0.3, 0.4) is 0 Å². The zero-order valence-corrected chi connectivity index (χ0v) is 17.0. The summed E-state index contributed by atoms with van der Waals surface area (Å²) in [5, 5.41) is 15.7. The maximum atomic E-state index is 12.9. The first-order valence-electron chi connectivity index (χ1n) is 10.00. The maximum absolute atomic E-state index is 12.9. The number of hydrogen-bond donors (Lipinski definition) is 3. The topological polar surface area (TPSA) is 79.2 Å². The number of imidazole rings is 1. The number of aliphatic hydroxyl groups is 1. The molecule has 9 heteroatoms. The summed E-state index contributed by atoms with van der Waals surface area (Å²) in [6.07, 6.45) is 0.567. The Morgan fingerprint density at radius 3 is 2.87 bits per heavy atom. The minimum atomic E-state index is -2.59. The molecule has 0 atom stereocenters. The van der Waals surface area contributed by atoms with Gasteiger partial charge in [-0.3, -0.25) is 10.1 Å². The molecule has 3 heterocycles. The third-order valence-corrected chi connectivity index (χ3v) is 7.35. The van der Waals surface area contributed by atoms with Crippen LogP contribution in [-0.4, -0.2) is 33.7 Å². The van der Waals surface area contributed by atoms with Gasteiger partial charge in [-0.1, -0.05) is 6.07 Å². The van der Waals surface area contributed by atoms with Crippen molar-refractivity contribution >= 4 is 34.2 Å². The normalized spacial score (nSPS) is 23.4. The molecule has 2 aromatic heterocycles. The molecule has 3 aromatic rings. The van der Waals surface area contributed by atoms with Gasteiger partial charge in [-0.05, 0) is 61.1 Å². The second kappa shape index (κ2) is 7.40. The van der Waals surface area contributed by atoms with Crippen molar-refractivity contribution in [3.8, 4) is 0 Å². The van der Waals surface area contributed by atoms with Crippen LogP contribution in [0.25, 0.3) is 11.0 Å². The number of carbonyl (C=O) groups is 1. The van der Waals surface area contributed by atoms with Crippen LogP contribution in [0.5, 0.6) is 0 Å². The monoisotopic (exact) mass is 432 g/mol. The van der Waals surface area contributed by atoms with Crippen LogP contribution in [0.15, 0.2) is 30.3 Å². The number of halogens is 2. The van der Waals surface area contributed by atoms with Crippen LogP contribution in [0.2, 0.25) is 0 Å². The number of aromatic nitrogens is 2. The molecular formula is C21H22F2N4O2S. The smallest absolute Gasteiger partial charge is 0.272 e. The van der Waals surface area contributed by atoms with Gasteiger partial charge in [-0.2, -0.15) is 0 Å². The average Bonchev–Trinajstić information content (AvgIpc) is 3.43. The molecule has 1 aromatic carbocycles. The van der Waals surface area contributed by atoms with Crippen LogP contribution >= 0.6 is 11.3 Å². The summed E-state index contributed by atoms with van der Waals surface area (Å²) in [6, 6.07) is 8.50. The van der Waals surface area contributed by atoms with E-state index in [-0.39, 0.29) is 22.4 Å². The summed E-state index contributed by atoms with van der Waals surface area (Å²) in [6.45, 7) is 1.96. The highest BCUT2D eigenvalue weighted by molar-refractivity contribution is 7.14. The van der Waals surface area contributed by atoms with E-state index >= 15 is 0 Å². The molecule has 1 saturated carbocycles. The summed E-state index contributed by atoms with van der Waals surface area (Å²) >= 11 is 0.790. The molecule has 158 valence electrons. The first kappa shape index (κ1) is 19.6. The molecule has 1 spiro atoms. The highest BCUT2D eigenvalue weighted by Gasteiger charge is 2.47. The fraction of sp³-hybridized carbons (Fsp3) is 0.429. The minimum absolute atomic E-state index is 0.0890. The lowest BCUT2D eigenvalue weighted by Gasteiger charge is -2.46. The number of thiophene rings is 1. The Labute approximate surface area is 175 Å². The summed E-state index contributed by atoms with van der Waals surface area (Å²) in [7, 11) is 0. The molecule has 6 nitrogen and oxygen atoms in total. The molecule has 0 unspecified atom stereocenters. The van der Waals surface area contributed by atoms with Gasteiger partial charge in [-0.25, -0.2) is 13.8 Å². The number of aliphatic hydroxyl groups excluding tert-OH is 1. The van der Waals surface area contributed by atoms with Crippen molar-refractivity contribution in [2.75, 3.05) is 18.4 Å². The number of nitrogens with zero attached hydrogens (tertiary/aromatic N) is 2. The van der Waals surface area contributed by atoms with Gasteiger partial charge >= 0.3 is 0 Å². The summed E-state index contributed by atoms with van der Waals surface area (Å²) in [4.78, 5) is 17.4. The fourth-order valence-electron chi connectivity index (χ4n) is 4.72. The number of anilines is 1. The Kier molecular flexibility index (Phi) is 4.83. The molecule has 2 aliphatic rings. The molecule has 0 bridgehead atoms. The molecule has 5 rings (SSSR count). The van der Waals surface area contributed by atoms with E-state index in [9.17, 15) is 18.7 Å². The Morgan fingerprint density at radius 1 is 1.37 bits per heavy atom. The number of rotatable bonds is 5. The van der Waals surface area contributed by atoms with Gasteiger partial charge in [0.1, 0.15) is 0 Å². The number of carbonyl (C=O) groups excluding carboxylic acids is 1. The molecule has 30 heavy (non-hydrogen) atoms. The van der Waals surface area contributed by atoms with Crippen molar-refractivity contribution in [1.29, 1.82) is 0 Å². The molecule has 2 fully saturated rings.